The lowest BCUT2D eigenvalue weighted by Gasteiger charge is -2.13. The van der Waals surface area contributed by atoms with Gasteiger partial charge in [-0.15, -0.1) is 0 Å². The quantitative estimate of drug-likeness (QED) is 0.921. The van der Waals surface area contributed by atoms with Crippen LogP contribution in [0.2, 0.25) is 5.02 Å². The van der Waals surface area contributed by atoms with E-state index >= 15 is 0 Å². The smallest absolute Gasteiger partial charge is 0.324 e. The summed E-state index contributed by atoms with van der Waals surface area (Å²) in [5, 5.41) is 3.12. The maximum absolute atomic E-state index is 11.7. The van der Waals surface area contributed by atoms with Gasteiger partial charge < -0.3 is 10.1 Å². The van der Waals surface area contributed by atoms with Crippen LogP contribution in [0.5, 0.6) is 5.75 Å². The molecule has 1 N–H and O–H groups in total. The van der Waals surface area contributed by atoms with Crippen molar-refractivity contribution in [2.45, 2.75) is 0 Å². The third kappa shape index (κ3) is 2.94. The molecule has 0 spiro atoms. The van der Waals surface area contributed by atoms with Crippen LogP contribution < -0.4 is 10.1 Å². The summed E-state index contributed by atoms with van der Waals surface area (Å²) in [7, 11) is 0. The number of urea groups is 1. The Morgan fingerprint density at radius 2 is 2.33 bits per heavy atom. The lowest BCUT2D eigenvalue weighted by atomic mass is 10.3. The molecule has 5 nitrogen and oxygen atoms in total. The minimum Gasteiger partial charge on any atom is -0.483 e. The summed E-state index contributed by atoms with van der Waals surface area (Å²) in [6.45, 7) is 0.672. The van der Waals surface area contributed by atoms with Crippen molar-refractivity contribution < 1.29 is 14.3 Å². The summed E-state index contributed by atoms with van der Waals surface area (Å²) in [6.07, 6.45) is 0. The number of hydrogen-bond acceptors (Lipinski definition) is 3. The van der Waals surface area contributed by atoms with Gasteiger partial charge in [0.1, 0.15) is 5.75 Å². The standard InChI is InChI=1S/C11H10BrClN2O3/c12-8-5-7(13)1-2-9(8)18-6-10(16)15-4-3-14-11(15)17/h1-2,5H,3-4,6H2,(H,14,17). The number of carbonyl (C=O) groups is 2. The molecule has 0 atom stereocenters. The van der Waals surface area contributed by atoms with Crippen molar-refractivity contribution in [3.8, 4) is 5.75 Å². The van der Waals surface area contributed by atoms with Crippen LogP contribution in [0, 0.1) is 0 Å². The number of halogens is 2. The number of ether oxygens (including phenoxy) is 1. The number of benzene rings is 1. The van der Waals surface area contributed by atoms with Crippen LogP contribution in [0.15, 0.2) is 22.7 Å². The van der Waals surface area contributed by atoms with Gasteiger partial charge in [-0.3, -0.25) is 9.69 Å². The monoisotopic (exact) mass is 332 g/mol. The molecule has 1 fully saturated rings. The third-order valence-corrected chi connectivity index (χ3v) is 3.26. The van der Waals surface area contributed by atoms with E-state index in [9.17, 15) is 9.59 Å². The molecule has 96 valence electrons. The molecule has 1 aliphatic heterocycles. The van der Waals surface area contributed by atoms with E-state index in [1.165, 1.54) is 0 Å². The van der Waals surface area contributed by atoms with Crippen LogP contribution in [0.3, 0.4) is 0 Å². The fourth-order valence-corrected chi connectivity index (χ4v) is 2.32. The second-order valence-corrected chi connectivity index (χ2v) is 4.93. The molecule has 2 rings (SSSR count). The zero-order valence-electron chi connectivity index (χ0n) is 9.28. The summed E-state index contributed by atoms with van der Waals surface area (Å²) < 4.78 is 6.00. The molecule has 0 aliphatic carbocycles. The minimum atomic E-state index is -0.376. The fraction of sp³-hybridized carbons (Fsp3) is 0.273. The van der Waals surface area contributed by atoms with Gasteiger partial charge in [0.15, 0.2) is 6.61 Å². The predicted molar refractivity (Wildman–Crippen MR) is 69.8 cm³/mol. The van der Waals surface area contributed by atoms with Gasteiger partial charge in [0.25, 0.3) is 5.91 Å². The first-order valence-corrected chi connectivity index (χ1v) is 6.41. The van der Waals surface area contributed by atoms with Crippen molar-refractivity contribution in [1.82, 2.24) is 10.2 Å². The number of carbonyl (C=O) groups excluding carboxylic acids is 2. The van der Waals surface area contributed by atoms with E-state index < -0.39 is 0 Å². The molecule has 0 aromatic heterocycles. The molecule has 1 aliphatic rings. The minimum absolute atomic E-state index is 0.187. The maximum Gasteiger partial charge on any atom is 0.324 e. The van der Waals surface area contributed by atoms with Crippen LogP contribution in [0.25, 0.3) is 0 Å². The van der Waals surface area contributed by atoms with Gasteiger partial charge in [-0.1, -0.05) is 11.6 Å². The van der Waals surface area contributed by atoms with Gasteiger partial charge in [-0.05, 0) is 34.1 Å². The number of nitrogens with zero attached hydrogens (tertiary/aromatic N) is 1. The topological polar surface area (TPSA) is 58.6 Å². The largest absolute Gasteiger partial charge is 0.483 e. The van der Waals surface area contributed by atoms with E-state index in [0.717, 1.165) is 4.90 Å². The highest BCUT2D eigenvalue weighted by atomic mass is 79.9. The molecule has 7 heteroatoms. The summed E-state index contributed by atoms with van der Waals surface area (Å²) in [5.41, 5.74) is 0. The zero-order chi connectivity index (χ0) is 13.1. The van der Waals surface area contributed by atoms with Crippen LogP contribution in [-0.2, 0) is 4.79 Å². The fourth-order valence-electron chi connectivity index (χ4n) is 1.52. The van der Waals surface area contributed by atoms with Gasteiger partial charge in [0.05, 0.1) is 4.47 Å². The molecular weight excluding hydrogens is 323 g/mol. The molecule has 18 heavy (non-hydrogen) atoms. The Morgan fingerprint density at radius 1 is 1.56 bits per heavy atom. The van der Waals surface area contributed by atoms with Gasteiger partial charge in [0.2, 0.25) is 0 Å². The van der Waals surface area contributed by atoms with E-state index in [4.69, 9.17) is 16.3 Å². The van der Waals surface area contributed by atoms with Crippen molar-refractivity contribution in [3.05, 3.63) is 27.7 Å². The lowest BCUT2D eigenvalue weighted by Crippen LogP contribution is -2.37. The van der Waals surface area contributed by atoms with E-state index in [1.807, 2.05) is 0 Å². The summed E-state index contributed by atoms with van der Waals surface area (Å²) in [4.78, 5) is 24.1. The molecular formula is C11H10BrClN2O3. The molecule has 0 unspecified atom stereocenters. The number of imide groups is 1. The second kappa shape index (κ2) is 5.58. The van der Waals surface area contributed by atoms with Crippen LogP contribution >= 0.6 is 27.5 Å². The summed E-state index contributed by atoms with van der Waals surface area (Å²) in [5.74, 6) is 0.138. The Bertz CT molecular complexity index is 495. The predicted octanol–water partition coefficient (Wildman–Crippen LogP) is 2.03. The molecule has 1 aromatic carbocycles. The summed E-state index contributed by atoms with van der Waals surface area (Å²) in [6, 6.07) is 4.61. The highest BCUT2D eigenvalue weighted by molar-refractivity contribution is 9.10. The van der Waals surface area contributed by atoms with E-state index in [-0.39, 0.29) is 18.5 Å². The highest BCUT2D eigenvalue weighted by Gasteiger charge is 2.26. The molecule has 0 radical (unpaired) electrons. The Morgan fingerprint density at radius 3 is 2.94 bits per heavy atom. The molecule has 0 saturated carbocycles. The van der Waals surface area contributed by atoms with Crippen LogP contribution in [0.1, 0.15) is 0 Å². The van der Waals surface area contributed by atoms with Crippen molar-refractivity contribution in [1.29, 1.82) is 0 Å². The number of amides is 3. The third-order valence-electron chi connectivity index (χ3n) is 2.40. The molecule has 1 aromatic rings. The first-order valence-electron chi connectivity index (χ1n) is 5.24. The Labute approximate surface area is 117 Å². The first kappa shape index (κ1) is 13.2. The van der Waals surface area contributed by atoms with Gasteiger partial charge in [0, 0.05) is 18.1 Å². The Kier molecular flexibility index (Phi) is 4.08. The Balaban J connectivity index is 1.95. The number of nitrogens with one attached hydrogen (secondary N) is 1. The molecule has 1 saturated heterocycles. The maximum atomic E-state index is 11.7. The van der Waals surface area contributed by atoms with E-state index in [2.05, 4.69) is 21.2 Å². The van der Waals surface area contributed by atoms with E-state index in [1.54, 1.807) is 18.2 Å². The second-order valence-electron chi connectivity index (χ2n) is 3.64. The van der Waals surface area contributed by atoms with Crippen LogP contribution in [-0.4, -0.2) is 36.5 Å². The number of hydrogen-bond donors (Lipinski definition) is 1. The molecule has 1 heterocycles. The van der Waals surface area contributed by atoms with Crippen molar-refractivity contribution >= 4 is 39.5 Å². The van der Waals surface area contributed by atoms with Gasteiger partial charge in [-0.25, -0.2) is 4.79 Å². The SMILES string of the molecule is O=C(COc1ccc(Cl)cc1Br)N1CCNC1=O. The average molecular weight is 334 g/mol. The number of rotatable bonds is 3. The van der Waals surface area contributed by atoms with Crippen molar-refractivity contribution in [3.63, 3.8) is 0 Å². The van der Waals surface area contributed by atoms with Crippen molar-refractivity contribution in [2.75, 3.05) is 19.7 Å². The van der Waals surface area contributed by atoms with E-state index in [0.29, 0.717) is 28.3 Å². The normalized spacial score (nSPS) is 14.6. The Hall–Kier alpha value is -1.27. The summed E-state index contributed by atoms with van der Waals surface area (Å²) >= 11 is 9.07. The van der Waals surface area contributed by atoms with Gasteiger partial charge in [-0.2, -0.15) is 0 Å². The van der Waals surface area contributed by atoms with Crippen LogP contribution in [0.4, 0.5) is 4.79 Å². The first-order chi connectivity index (χ1) is 8.58. The average Bonchev–Trinajstić information content (AvgIpc) is 2.74. The lowest BCUT2D eigenvalue weighted by molar-refractivity contribution is -0.129. The van der Waals surface area contributed by atoms with Gasteiger partial charge >= 0.3 is 6.03 Å². The molecule has 0 bridgehead atoms. The van der Waals surface area contributed by atoms with Crippen molar-refractivity contribution in [2.24, 2.45) is 0 Å². The highest BCUT2D eigenvalue weighted by Crippen LogP contribution is 2.27. The molecule has 3 amide bonds. The zero-order valence-corrected chi connectivity index (χ0v) is 11.6.